The van der Waals surface area contributed by atoms with Gasteiger partial charge in [-0.3, -0.25) is 19.2 Å². The highest BCUT2D eigenvalue weighted by Gasteiger charge is 2.33. The Labute approximate surface area is 200 Å². The number of carbonyl (C=O) groups excluding carboxylic acids is 3. The smallest absolute Gasteiger partial charge is 0.326 e. The Kier molecular flexibility index (Phi) is 11.1. The zero-order valence-electron chi connectivity index (χ0n) is 19.0. The molecule has 10 N–H and O–H groups in total. The second kappa shape index (κ2) is 13.2. The number of amides is 3. The van der Waals surface area contributed by atoms with Crippen molar-refractivity contribution < 1.29 is 49.5 Å². The first kappa shape index (κ1) is 29.3. The molecule has 0 saturated heterocycles. The minimum atomic E-state index is -1.82. The average molecular weight is 498 g/mol. The maximum absolute atomic E-state index is 13.0. The first-order chi connectivity index (χ1) is 16.2. The van der Waals surface area contributed by atoms with Crippen molar-refractivity contribution in [2.24, 2.45) is 5.73 Å². The number of aliphatic hydroxyl groups is 2. The summed E-state index contributed by atoms with van der Waals surface area (Å²) in [5.74, 6) is -6.20. The third-order valence-corrected chi connectivity index (χ3v) is 4.89. The molecule has 6 unspecified atom stereocenters. The molecule has 14 heteroatoms. The molecule has 0 saturated carbocycles. The van der Waals surface area contributed by atoms with E-state index in [-0.39, 0.29) is 12.2 Å². The second-order valence-corrected chi connectivity index (χ2v) is 7.92. The summed E-state index contributed by atoms with van der Waals surface area (Å²) in [6, 6.07) is -0.648. The number of aromatic hydroxyl groups is 1. The molecule has 0 bridgehead atoms. The Morgan fingerprint density at radius 2 is 1.37 bits per heavy atom. The summed E-state index contributed by atoms with van der Waals surface area (Å²) in [6.45, 7) is 2.40. The lowest BCUT2D eigenvalue weighted by molar-refractivity contribution is -0.148. The van der Waals surface area contributed by atoms with Crippen LogP contribution in [-0.2, 0) is 30.4 Å². The maximum atomic E-state index is 13.0. The van der Waals surface area contributed by atoms with Crippen LogP contribution >= 0.6 is 0 Å². The summed E-state index contributed by atoms with van der Waals surface area (Å²) in [5, 5.41) is 53.4. The van der Waals surface area contributed by atoms with Crippen LogP contribution in [0.5, 0.6) is 5.75 Å². The number of carboxylic acid groups (broad SMARTS) is 2. The Bertz CT molecular complexity index is 919. The van der Waals surface area contributed by atoms with Gasteiger partial charge in [0.15, 0.2) is 0 Å². The Morgan fingerprint density at radius 1 is 0.829 bits per heavy atom. The quantitative estimate of drug-likeness (QED) is 0.133. The van der Waals surface area contributed by atoms with Gasteiger partial charge in [0, 0.05) is 6.42 Å². The SMILES string of the molecule is CC(O)C(N)C(=O)NC(Cc1ccc(O)cc1)C(=O)NC(C(=O)NC(CC(=O)O)C(=O)O)C(C)O. The first-order valence-electron chi connectivity index (χ1n) is 10.5. The minimum absolute atomic E-state index is 0.0462. The van der Waals surface area contributed by atoms with Crippen molar-refractivity contribution in [1.82, 2.24) is 16.0 Å². The summed E-state index contributed by atoms with van der Waals surface area (Å²) in [7, 11) is 0. The lowest BCUT2D eigenvalue weighted by atomic mass is 10.0. The molecular weight excluding hydrogens is 468 g/mol. The normalized spacial score (nSPS) is 16.0. The number of benzene rings is 1. The first-order valence-corrected chi connectivity index (χ1v) is 10.5. The van der Waals surface area contributed by atoms with Gasteiger partial charge < -0.3 is 47.2 Å². The van der Waals surface area contributed by atoms with Crippen molar-refractivity contribution in [1.29, 1.82) is 0 Å². The summed E-state index contributed by atoms with van der Waals surface area (Å²) in [5.41, 5.74) is 6.09. The van der Waals surface area contributed by atoms with Crippen molar-refractivity contribution in [3.8, 4) is 5.75 Å². The van der Waals surface area contributed by atoms with Crippen LogP contribution in [0, 0.1) is 0 Å². The minimum Gasteiger partial charge on any atom is -0.508 e. The number of aliphatic carboxylic acids is 2. The van der Waals surface area contributed by atoms with Crippen LogP contribution in [0.4, 0.5) is 0 Å². The van der Waals surface area contributed by atoms with Gasteiger partial charge in [-0.15, -0.1) is 0 Å². The van der Waals surface area contributed by atoms with Crippen molar-refractivity contribution in [2.75, 3.05) is 0 Å². The second-order valence-electron chi connectivity index (χ2n) is 7.92. The van der Waals surface area contributed by atoms with Gasteiger partial charge in [-0.1, -0.05) is 12.1 Å². The summed E-state index contributed by atoms with van der Waals surface area (Å²) >= 11 is 0. The Balaban J connectivity index is 3.11. The molecule has 35 heavy (non-hydrogen) atoms. The van der Waals surface area contributed by atoms with Crippen LogP contribution in [0.2, 0.25) is 0 Å². The summed E-state index contributed by atoms with van der Waals surface area (Å²) < 4.78 is 0. The molecule has 0 heterocycles. The van der Waals surface area contributed by atoms with E-state index in [1.54, 1.807) is 0 Å². The summed E-state index contributed by atoms with van der Waals surface area (Å²) in [6.07, 6.45) is -3.87. The number of carboxylic acids is 2. The van der Waals surface area contributed by atoms with Crippen molar-refractivity contribution in [3.05, 3.63) is 29.8 Å². The van der Waals surface area contributed by atoms with Crippen LogP contribution in [-0.4, -0.2) is 91.6 Å². The number of hydrogen-bond donors (Lipinski definition) is 9. The molecular formula is C21H30N4O10. The molecule has 3 amide bonds. The number of aliphatic hydroxyl groups excluding tert-OH is 2. The third-order valence-electron chi connectivity index (χ3n) is 4.89. The van der Waals surface area contributed by atoms with Gasteiger partial charge in [-0.05, 0) is 31.5 Å². The van der Waals surface area contributed by atoms with E-state index in [1.165, 1.54) is 31.2 Å². The van der Waals surface area contributed by atoms with E-state index in [9.17, 15) is 39.3 Å². The molecule has 14 nitrogen and oxygen atoms in total. The van der Waals surface area contributed by atoms with E-state index in [0.717, 1.165) is 6.92 Å². The van der Waals surface area contributed by atoms with E-state index in [2.05, 4.69) is 10.6 Å². The van der Waals surface area contributed by atoms with E-state index < -0.39 is 72.5 Å². The van der Waals surface area contributed by atoms with Crippen LogP contribution in [0.1, 0.15) is 25.8 Å². The topological polar surface area (TPSA) is 249 Å². The Morgan fingerprint density at radius 3 is 1.83 bits per heavy atom. The van der Waals surface area contributed by atoms with Gasteiger partial charge >= 0.3 is 11.9 Å². The number of rotatable bonds is 13. The molecule has 0 aliphatic rings. The number of phenols is 1. The van der Waals surface area contributed by atoms with Crippen LogP contribution < -0.4 is 21.7 Å². The standard InChI is InChI=1S/C21H30N4O10/c1-9(26)16(22)19(32)23-13(7-11-3-5-12(28)6-4-11)18(31)25-17(10(2)27)20(33)24-14(21(34)35)8-15(29)30/h3-6,9-10,13-14,16-17,26-28H,7-8,22H2,1-2H3,(H,23,32)(H,24,33)(H,25,31)(H,29,30)(H,34,35). The average Bonchev–Trinajstić information content (AvgIpc) is 2.76. The van der Waals surface area contributed by atoms with Gasteiger partial charge in [-0.25, -0.2) is 4.79 Å². The summed E-state index contributed by atoms with van der Waals surface area (Å²) in [4.78, 5) is 60.0. The molecule has 1 aromatic carbocycles. The van der Waals surface area contributed by atoms with Gasteiger partial charge in [0.2, 0.25) is 17.7 Å². The maximum Gasteiger partial charge on any atom is 0.326 e. The predicted molar refractivity (Wildman–Crippen MR) is 119 cm³/mol. The fourth-order valence-corrected chi connectivity index (χ4v) is 2.86. The number of phenolic OH excluding ortho intramolecular Hbond substituents is 1. The van der Waals surface area contributed by atoms with Crippen LogP contribution in [0.25, 0.3) is 0 Å². The van der Waals surface area contributed by atoms with Crippen LogP contribution in [0.15, 0.2) is 24.3 Å². The lowest BCUT2D eigenvalue weighted by Gasteiger charge is -2.26. The fourth-order valence-electron chi connectivity index (χ4n) is 2.86. The largest absolute Gasteiger partial charge is 0.508 e. The molecule has 1 rings (SSSR count). The molecule has 1 aromatic rings. The van der Waals surface area contributed by atoms with Gasteiger partial charge in [0.05, 0.1) is 18.6 Å². The van der Waals surface area contributed by atoms with E-state index in [4.69, 9.17) is 15.9 Å². The lowest BCUT2D eigenvalue weighted by Crippen LogP contribution is -2.60. The molecule has 0 radical (unpaired) electrons. The molecule has 0 aromatic heterocycles. The molecule has 0 aliphatic heterocycles. The van der Waals surface area contributed by atoms with Crippen molar-refractivity contribution in [3.63, 3.8) is 0 Å². The number of hydrogen-bond acceptors (Lipinski definition) is 9. The highest BCUT2D eigenvalue weighted by atomic mass is 16.4. The van der Waals surface area contributed by atoms with E-state index in [0.29, 0.717) is 5.56 Å². The number of carbonyl (C=O) groups is 5. The fraction of sp³-hybridized carbons (Fsp3) is 0.476. The molecule has 6 atom stereocenters. The molecule has 0 fully saturated rings. The van der Waals surface area contributed by atoms with E-state index >= 15 is 0 Å². The van der Waals surface area contributed by atoms with Crippen molar-refractivity contribution >= 4 is 29.7 Å². The zero-order chi connectivity index (χ0) is 26.9. The number of nitrogens with one attached hydrogen (secondary N) is 3. The molecule has 0 aliphatic carbocycles. The predicted octanol–water partition coefficient (Wildman–Crippen LogP) is -2.96. The van der Waals surface area contributed by atoms with Gasteiger partial charge in [-0.2, -0.15) is 0 Å². The Hall–Kier alpha value is -3.75. The van der Waals surface area contributed by atoms with Gasteiger partial charge in [0.25, 0.3) is 0 Å². The van der Waals surface area contributed by atoms with Crippen LogP contribution in [0.3, 0.4) is 0 Å². The molecule has 0 spiro atoms. The number of nitrogens with two attached hydrogens (primary N) is 1. The van der Waals surface area contributed by atoms with E-state index in [1.807, 2.05) is 5.32 Å². The van der Waals surface area contributed by atoms with Gasteiger partial charge in [0.1, 0.15) is 29.9 Å². The highest BCUT2D eigenvalue weighted by Crippen LogP contribution is 2.12. The molecule has 194 valence electrons. The monoisotopic (exact) mass is 498 g/mol. The third kappa shape index (κ3) is 9.56. The highest BCUT2D eigenvalue weighted by molar-refractivity contribution is 5.95. The zero-order valence-corrected chi connectivity index (χ0v) is 19.0. The van der Waals surface area contributed by atoms with Crippen molar-refractivity contribution in [2.45, 2.75) is 63.1 Å².